The number of rotatable bonds is 6. The summed E-state index contributed by atoms with van der Waals surface area (Å²) in [5, 5.41) is 11.1. The van der Waals surface area contributed by atoms with Crippen LogP contribution in [-0.4, -0.2) is 43.1 Å². The molecule has 0 fully saturated rings. The number of anilines is 2. The number of nitrogens with zero attached hydrogens (tertiary/aromatic N) is 4. The smallest absolute Gasteiger partial charge is 0.348 e. The van der Waals surface area contributed by atoms with Crippen LogP contribution in [0.5, 0.6) is 0 Å². The number of aromatic amines is 1. The number of carbonyl (C=O) groups excluding carboxylic acids is 1. The monoisotopic (exact) mass is 476 g/mol. The van der Waals surface area contributed by atoms with Crippen LogP contribution in [0.2, 0.25) is 0 Å². The molecule has 4 aromatic rings. The lowest BCUT2D eigenvalue weighted by molar-refractivity contribution is -0.140. The van der Waals surface area contributed by atoms with Gasteiger partial charge in [-0.3, -0.25) is 14.3 Å². The molecule has 0 bridgehead atoms. The number of hydrogen-bond donors (Lipinski definition) is 4. The Labute approximate surface area is 190 Å². The molecule has 3 aromatic heterocycles. The normalized spacial score (nSPS) is 12.7. The number of aromatic nitrogens is 5. The van der Waals surface area contributed by atoms with Crippen LogP contribution in [-0.2, 0) is 6.18 Å². The number of aryl methyl sites for hydroxylation is 1. The van der Waals surface area contributed by atoms with Gasteiger partial charge < -0.3 is 16.4 Å². The van der Waals surface area contributed by atoms with Crippen LogP contribution in [0, 0.1) is 12.7 Å². The Morgan fingerprint density at radius 2 is 2.06 bits per heavy atom. The summed E-state index contributed by atoms with van der Waals surface area (Å²) >= 11 is 0. The number of amides is 1. The van der Waals surface area contributed by atoms with Crippen molar-refractivity contribution in [3.05, 3.63) is 59.6 Å². The molecule has 3 heterocycles. The van der Waals surface area contributed by atoms with Gasteiger partial charge in [-0.1, -0.05) is 0 Å². The fraction of sp³-hybridized carbons (Fsp3) is 0.238. The quantitative estimate of drug-likeness (QED) is 0.316. The second-order valence-electron chi connectivity index (χ2n) is 7.64. The van der Waals surface area contributed by atoms with Crippen molar-refractivity contribution in [2.75, 3.05) is 11.9 Å². The number of alkyl halides is 3. The van der Waals surface area contributed by atoms with Gasteiger partial charge in [0.25, 0.3) is 5.91 Å². The third-order valence-electron chi connectivity index (χ3n) is 5.12. The Morgan fingerprint density at radius 1 is 1.29 bits per heavy atom. The maximum Gasteiger partial charge on any atom is 0.435 e. The van der Waals surface area contributed by atoms with Gasteiger partial charge in [0, 0.05) is 36.9 Å². The molecule has 5 N–H and O–H groups in total. The highest BCUT2D eigenvalue weighted by molar-refractivity contribution is 5.96. The molecule has 178 valence electrons. The van der Waals surface area contributed by atoms with E-state index in [0.717, 1.165) is 12.3 Å². The van der Waals surface area contributed by atoms with E-state index in [1.807, 2.05) is 0 Å². The fourth-order valence-electron chi connectivity index (χ4n) is 3.50. The molecule has 9 nitrogen and oxygen atoms in total. The van der Waals surface area contributed by atoms with Gasteiger partial charge in [0.15, 0.2) is 17.2 Å². The third-order valence-corrected chi connectivity index (χ3v) is 5.12. The average molecular weight is 476 g/mol. The van der Waals surface area contributed by atoms with E-state index in [2.05, 4.69) is 30.8 Å². The van der Waals surface area contributed by atoms with Gasteiger partial charge in [0.05, 0.1) is 23.0 Å². The van der Waals surface area contributed by atoms with Gasteiger partial charge in [-0.15, -0.1) is 0 Å². The van der Waals surface area contributed by atoms with Crippen LogP contribution in [0.1, 0.15) is 28.5 Å². The minimum Gasteiger partial charge on any atom is -0.348 e. The number of nitrogens with one attached hydrogen (secondary N) is 3. The molecule has 0 saturated heterocycles. The maximum atomic E-state index is 14.8. The number of H-pyrrole nitrogens is 1. The summed E-state index contributed by atoms with van der Waals surface area (Å²) < 4.78 is 56.1. The second-order valence-corrected chi connectivity index (χ2v) is 7.64. The number of carbonyl (C=O) groups is 1. The predicted molar refractivity (Wildman–Crippen MR) is 116 cm³/mol. The number of hydrogen-bond acceptors (Lipinski definition) is 6. The standard InChI is InChI=1S/C21H20F4N8O/c1-10-5-12(6-14(22)16(10)20(34)30-11(2)7-26)31-18-19-28-9-15(33(19)4-3-27-18)13-8-29-32-17(13)21(23,24)25/h3-6,8-9,11H,7,26H2,1-2H3,(H,27,31)(H,29,32)(H,30,34)/t11-/m1/s1. The first-order valence-corrected chi connectivity index (χ1v) is 10.1. The predicted octanol–water partition coefficient (Wildman–Crippen LogP) is 3.41. The zero-order valence-corrected chi connectivity index (χ0v) is 18.0. The molecule has 13 heteroatoms. The van der Waals surface area contributed by atoms with E-state index in [4.69, 9.17) is 5.73 Å². The molecule has 0 unspecified atom stereocenters. The van der Waals surface area contributed by atoms with Crippen molar-refractivity contribution in [2.24, 2.45) is 5.73 Å². The molecule has 0 aliphatic carbocycles. The Hall–Kier alpha value is -4.00. The Morgan fingerprint density at radius 3 is 2.74 bits per heavy atom. The minimum absolute atomic E-state index is 0.111. The summed E-state index contributed by atoms with van der Waals surface area (Å²) in [4.78, 5) is 20.7. The Bertz CT molecular complexity index is 1340. The lowest BCUT2D eigenvalue weighted by Crippen LogP contribution is -2.38. The number of nitrogens with two attached hydrogens (primary N) is 1. The lowest BCUT2D eigenvalue weighted by atomic mass is 10.1. The molecular formula is C21H20F4N8O. The van der Waals surface area contributed by atoms with E-state index >= 15 is 0 Å². The first-order chi connectivity index (χ1) is 16.1. The first kappa shape index (κ1) is 23.2. The van der Waals surface area contributed by atoms with Gasteiger partial charge in [-0.25, -0.2) is 14.4 Å². The van der Waals surface area contributed by atoms with Crippen molar-refractivity contribution in [1.82, 2.24) is 29.9 Å². The van der Waals surface area contributed by atoms with Gasteiger partial charge >= 0.3 is 6.18 Å². The summed E-state index contributed by atoms with van der Waals surface area (Å²) in [7, 11) is 0. The summed E-state index contributed by atoms with van der Waals surface area (Å²) in [5.41, 5.74) is 5.14. The summed E-state index contributed by atoms with van der Waals surface area (Å²) in [5.74, 6) is -1.16. The third kappa shape index (κ3) is 4.29. The van der Waals surface area contributed by atoms with Crippen LogP contribution < -0.4 is 16.4 Å². The number of halogens is 4. The van der Waals surface area contributed by atoms with E-state index < -0.39 is 23.6 Å². The zero-order valence-electron chi connectivity index (χ0n) is 18.0. The van der Waals surface area contributed by atoms with E-state index in [9.17, 15) is 22.4 Å². The van der Waals surface area contributed by atoms with Crippen molar-refractivity contribution >= 4 is 23.1 Å². The number of imidazole rings is 1. The topological polar surface area (TPSA) is 126 Å². The molecule has 0 spiro atoms. The zero-order chi connectivity index (χ0) is 24.6. The lowest BCUT2D eigenvalue weighted by Gasteiger charge is -2.15. The van der Waals surface area contributed by atoms with Gasteiger partial charge in [0.2, 0.25) is 0 Å². The summed E-state index contributed by atoms with van der Waals surface area (Å²) in [6.45, 7) is 3.49. The SMILES string of the molecule is Cc1cc(Nc2nccn3c(-c4c[nH]nc4C(F)(F)F)cnc23)cc(F)c1C(=O)N[C@H](C)CN. The molecule has 0 aliphatic heterocycles. The molecule has 0 aliphatic rings. The van der Waals surface area contributed by atoms with Gasteiger partial charge in [0.1, 0.15) is 5.82 Å². The van der Waals surface area contributed by atoms with Crippen LogP contribution >= 0.6 is 0 Å². The molecular weight excluding hydrogens is 456 g/mol. The highest BCUT2D eigenvalue weighted by atomic mass is 19.4. The molecule has 1 amide bonds. The van der Waals surface area contributed by atoms with Crippen molar-refractivity contribution in [3.8, 4) is 11.3 Å². The first-order valence-electron chi connectivity index (χ1n) is 10.1. The van der Waals surface area contributed by atoms with E-state index in [0.29, 0.717) is 5.56 Å². The largest absolute Gasteiger partial charge is 0.435 e. The molecule has 1 atom stereocenters. The molecule has 4 rings (SSSR count). The van der Waals surface area contributed by atoms with Crippen LogP contribution in [0.15, 0.2) is 36.9 Å². The van der Waals surface area contributed by atoms with Gasteiger partial charge in [-0.2, -0.15) is 18.3 Å². The maximum absolute atomic E-state index is 14.8. The van der Waals surface area contributed by atoms with E-state index in [1.165, 1.54) is 23.0 Å². The number of fused-ring (bicyclic) bond motifs is 1. The summed E-state index contributed by atoms with van der Waals surface area (Å²) in [6.07, 6.45) is 0.563. The Kier molecular flexibility index (Phi) is 5.96. The van der Waals surface area contributed by atoms with Crippen LogP contribution in [0.4, 0.5) is 29.1 Å². The van der Waals surface area contributed by atoms with Crippen molar-refractivity contribution in [3.63, 3.8) is 0 Å². The Balaban J connectivity index is 1.68. The van der Waals surface area contributed by atoms with Crippen molar-refractivity contribution in [2.45, 2.75) is 26.1 Å². The number of benzene rings is 1. The van der Waals surface area contributed by atoms with Crippen LogP contribution in [0.25, 0.3) is 16.9 Å². The van der Waals surface area contributed by atoms with Crippen molar-refractivity contribution < 1.29 is 22.4 Å². The highest BCUT2D eigenvalue weighted by Gasteiger charge is 2.37. The molecule has 34 heavy (non-hydrogen) atoms. The average Bonchev–Trinajstić information content (AvgIpc) is 3.40. The van der Waals surface area contributed by atoms with Crippen LogP contribution in [0.3, 0.4) is 0 Å². The van der Waals surface area contributed by atoms with E-state index in [-0.39, 0.29) is 46.6 Å². The molecule has 1 aromatic carbocycles. The molecule has 0 radical (unpaired) electrons. The van der Waals surface area contributed by atoms with E-state index in [1.54, 1.807) is 19.9 Å². The fourth-order valence-corrected chi connectivity index (χ4v) is 3.50. The highest BCUT2D eigenvalue weighted by Crippen LogP contribution is 2.36. The van der Waals surface area contributed by atoms with Gasteiger partial charge in [-0.05, 0) is 31.5 Å². The van der Waals surface area contributed by atoms with Crippen molar-refractivity contribution in [1.29, 1.82) is 0 Å². The summed E-state index contributed by atoms with van der Waals surface area (Å²) in [6, 6.07) is 2.36. The molecule has 0 saturated carbocycles. The minimum atomic E-state index is -4.65. The second kappa shape index (κ2) is 8.74.